The third kappa shape index (κ3) is 12.8. The minimum absolute atomic E-state index is 0.501. The first-order chi connectivity index (χ1) is 26.6. The highest BCUT2D eigenvalue weighted by atomic mass is 15.3. The normalized spacial score (nSPS) is 26.4. The Morgan fingerprint density at radius 1 is 0.679 bits per heavy atom. The van der Waals surface area contributed by atoms with E-state index in [1.165, 1.54) is 140 Å². The van der Waals surface area contributed by atoms with Crippen LogP contribution in [0.2, 0.25) is 0 Å². The van der Waals surface area contributed by atoms with Crippen molar-refractivity contribution in [1.82, 2.24) is 29.4 Å². The molecule has 0 atom stereocenters. The number of likely N-dealkylation sites (tertiary alicyclic amines) is 2. The van der Waals surface area contributed by atoms with Crippen LogP contribution in [0.15, 0.2) is 37.4 Å². The molecule has 4 aliphatic carbocycles. The van der Waals surface area contributed by atoms with Gasteiger partial charge in [0.15, 0.2) is 0 Å². The van der Waals surface area contributed by atoms with Crippen molar-refractivity contribution < 1.29 is 0 Å². The van der Waals surface area contributed by atoms with E-state index in [4.69, 9.17) is 0 Å². The lowest BCUT2D eigenvalue weighted by molar-refractivity contribution is -0.0407. The number of fused-ring (bicyclic) bond motifs is 2. The Bertz CT molecular complexity index is 1410. The number of nitrogens with zero attached hydrogens (tertiary/aromatic N) is 6. The Hall–Kier alpha value is -2.36. The molecule has 4 saturated carbocycles. The molecule has 0 aromatic carbocycles. The summed E-state index contributed by atoms with van der Waals surface area (Å²) in [5, 5.41) is 9.24. The van der Waals surface area contributed by atoms with E-state index in [1.54, 1.807) is 0 Å². The first-order valence-electron chi connectivity index (χ1n) is 23.1. The van der Waals surface area contributed by atoms with Crippen LogP contribution in [0.3, 0.4) is 0 Å². The summed E-state index contributed by atoms with van der Waals surface area (Å²) in [4.78, 5) is 5.47. The van der Waals surface area contributed by atoms with Crippen LogP contribution in [-0.2, 0) is 0 Å². The monoisotopic (exact) mass is 771 g/mol. The lowest BCUT2D eigenvalue weighted by atomic mass is 9.52. The summed E-state index contributed by atoms with van der Waals surface area (Å²) in [5.41, 5.74) is 4.69. The van der Waals surface area contributed by atoms with Crippen LogP contribution in [-0.4, -0.2) is 68.6 Å². The van der Waals surface area contributed by atoms with Crippen molar-refractivity contribution in [1.29, 1.82) is 0 Å². The minimum atomic E-state index is 0.501. The Morgan fingerprint density at radius 3 is 1.45 bits per heavy atom. The maximum absolute atomic E-state index is 4.63. The second-order valence-corrected chi connectivity index (χ2v) is 21.2. The van der Waals surface area contributed by atoms with E-state index in [0.717, 1.165) is 23.2 Å². The fourth-order valence-corrected chi connectivity index (χ4v) is 10.5. The van der Waals surface area contributed by atoms with Gasteiger partial charge >= 0.3 is 0 Å². The molecule has 1 spiro atoms. The van der Waals surface area contributed by atoms with Gasteiger partial charge in [0.2, 0.25) is 0 Å². The summed E-state index contributed by atoms with van der Waals surface area (Å²) in [7, 11) is 0. The highest BCUT2D eigenvalue weighted by Crippen LogP contribution is 2.62. The van der Waals surface area contributed by atoms with Gasteiger partial charge in [0.1, 0.15) is 0 Å². The molecular weight excluding hydrogens is 685 g/mol. The van der Waals surface area contributed by atoms with Gasteiger partial charge in [-0.15, -0.1) is 19.4 Å². The van der Waals surface area contributed by atoms with E-state index in [-0.39, 0.29) is 0 Å². The Morgan fingerprint density at radius 2 is 1.11 bits per heavy atom. The highest BCUT2D eigenvalue weighted by molar-refractivity contribution is 5.13. The Kier molecular flexibility index (Phi) is 17.4. The predicted molar refractivity (Wildman–Crippen MR) is 240 cm³/mol. The van der Waals surface area contributed by atoms with E-state index >= 15 is 0 Å². The van der Waals surface area contributed by atoms with Crippen molar-refractivity contribution in [3.05, 3.63) is 48.6 Å². The van der Waals surface area contributed by atoms with Crippen molar-refractivity contribution in [2.24, 2.45) is 34.0 Å². The lowest BCUT2D eigenvalue weighted by Crippen LogP contribution is -2.48. The van der Waals surface area contributed by atoms with Gasteiger partial charge in [-0.25, -0.2) is 0 Å². The molecule has 4 heterocycles. The second-order valence-electron chi connectivity index (χ2n) is 21.2. The number of rotatable bonds is 9. The standard InChI is InChI=1S/C21H33N3.C19H31N3.2C4H10.C2H2/c1-4-20-7-9-21(15-20,10-8-20)16-23-11-5-19(6-12-23)24-14-18(13-22-24)17(2)3;1-15(2)17-12-20-22(14-17)18-4-8-21(9-5-18)13-16-10-19(11-16)6-3-7-19;2*1-4(2)3;1-2/h4,13-14,17,19H,1,5-12,15-16H2,2-3H3;12,14-16,18H,3-11,13H2,1-2H3;2*4H,1-3H3;1-2H. The topological polar surface area (TPSA) is 42.1 Å². The molecule has 2 aromatic rings. The molecule has 56 heavy (non-hydrogen) atoms. The third-order valence-corrected chi connectivity index (χ3v) is 13.8. The van der Waals surface area contributed by atoms with Gasteiger partial charge in [0.25, 0.3) is 0 Å². The molecule has 0 radical (unpaired) electrons. The predicted octanol–water partition coefficient (Wildman–Crippen LogP) is 12.6. The van der Waals surface area contributed by atoms with Gasteiger partial charge in [-0.1, -0.05) is 81.7 Å². The molecule has 6 heteroatoms. The zero-order valence-corrected chi connectivity index (χ0v) is 38.1. The summed E-state index contributed by atoms with van der Waals surface area (Å²) in [6, 6.07) is 1.23. The van der Waals surface area contributed by atoms with Crippen molar-refractivity contribution >= 4 is 0 Å². The zero-order chi connectivity index (χ0) is 41.1. The largest absolute Gasteiger partial charge is 0.303 e. The van der Waals surface area contributed by atoms with Crippen molar-refractivity contribution in [3.63, 3.8) is 0 Å². The smallest absolute Gasteiger partial charge is 0.0543 e. The molecule has 6 aliphatic rings. The summed E-state index contributed by atoms with van der Waals surface area (Å²) in [6.07, 6.45) is 38.7. The van der Waals surface area contributed by atoms with Crippen LogP contribution in [0.1, 0.15) is 194 Å². The molecule has 2 aliphatic heterocycles. The fourth-order valence-electron chi connectivity index (χ4n) is 10.5. The number of piperidine rings is 2. The van der Waals surface area contributed by atoms with Crippen LogP contribution < -0.4 is 0 Å². The molecular formula is C50H86N6. The van der Waals surface area contributed by atoms with Crippen molar-refractivity contribution in [2.75, 3.05) is 39.3 Å². The highest BCUT2D eigenvalue weighted by Gasteiger charge is 2.53. The van der Waals surface area contributed by atoms with E-state index in [1.807, 2.05) is 0 Å². The molecule has 0 unspecified atom stereocenters. The van der Waals surface area contributed by atoms with Crippen LogP contribution >= 0.6 is 0 Å². The van der Waals surface area contributed by atoms with Gasteiger partial charge in [-0.2, -0.15) is 10.2 Å². The van der Waals surface area contributed by atoms with Gasteiger partial charge in [-0.05, 0) is 140 Å². The molecule has 2 aromatic heterocycles. The van der Waals surface area contributed by atoms with Gasteiger partial charge < -0.3 is 9.80 Å². The average molecular weight is 771 g/mol. The molecule has 316 valence electrons. The van der Waals surface area contributed by atoms with Crippen LogP contribution in [0.25, 0.3) is 0 Å². The van der Waals surface area contributed by atoms with Crippen LogP contribution in [0, 0.1) is 46.8 Å². The number of allylic oxidation sites excluding steroid dienone is 1. The maximum atomic E-state index is 4.63. The van der Waals surface area contributed by atoms with Crippen molar-refractivity contribution in [3.8, 4) is 12.8 Å². The van der Waals surface area contributed by atoms with Gasteiger partial charge in [-0.3, -0.25) is 9.36 Å². The summed E-state index contributed by atoms with van der Waals surface area (Å²) in [6.45, 7) is 33.8. The zero-order valence-electron chi connectivity index (χ0n) is 38.1. The van der Waals surface area contributed by atoms with Gasteiger partial charge in [0, 0.05) is 51.7 Å². The Balaban J connectivity index is 0.000000202. The number of hydrogen-bond acceptors (Lipinski definition) is 4. The summed E-state index contributed by atoms with van der Waals surface area (Å²) < 4.78 is 4.47. The van der Waals surface area contributed by atoms with E-state index in [9.17, 15) is 0 Å². The summed E-state index contributed by atoms with van der Waals surface area (Å²) >= 11 is 0. The maximum Gasteiger partial charge on any atom is 0.0543 e. The van der Waals surface area contributed by atoms with E-state index in [0.29, 0.717) is 34.7 Å². The SMILES string of the molecule is C#C.C=CC12CCC(CN3CCC(n4cc(C(C)C)cn4)CC3)(CC1)C2.CC(C)C.CC(C)C.CC(C)c1cnn(C2CCN(CC3CC4(CCC4)C3)CC2)c1. The van der Waals surface area contributed by atoms with Crippen molar-refractivity contribution in [2.45, 2.75) is 183 Å². The molecule has 0 amide bonds. The second kappa shape index (κ2) is 21.1. The molecule has 8 rings (SSSR count). The average Bonchev–Trinajstić information content (AvgIpc) is 3.95. The number of aromatic nitrogens is 4. The van der Waals surface area contributed by atoms with E-state index in [2.05, 4.69) is 149 Å². The Labute approximate surface area is 346 Å². The molecule has 6 fully saturated rings. The third-order valence-electron chi connectivity index (χ3n) is 13.8. The van der Waals surface area contributed by atoms with E-state index < -0.39 is 0 Å². The fraction of sp³-hybridized carbons (Fsp3) is 0.800. The quantitative estimate of drug-likeness (QED) is 0.188. The lowest BCUT2D eigenvalue weighted by Gasteiger charge is -2.55. The van der Waals surface area contributed by atoms with Crippen LogP contribution in [0.5, 0.6) is 0 Å². The minimum Gasteiger partial charge on any atom is -0.303 e. The van der Waals surface area contributed by atoms with Gasteiger partial charge in [0.05, 0.1) is 24.5 Å². The first-order valence-corrected chi connectivity index (χ1v) is 23.1. The molecule has 0 N–H and O–H groups in total. The van der Waals surface area contributed by atoms with Crippen LogP contribution in [0.4, 0.5) is 0 Å². The molecule has 6 nitrogen and oxygen atoms in total. The number of hydrogen-bond donors (Lipinski definition) is 0. The number of terminal acetylenes is 1. The molecule has 2 saturated heterocycles. The molecule has 2 bridgehead atoms. The first kappa shape index (κ1) is 46.3. The summed E-state index contributed by atoms with van der Waals surface area (Å²) in [5.74, 6) is 3.84.